The van der Waals surface area contributed by atoms with Gasteiger partial charge in [-0.05, 0) is 24.6 Å². The van der Waals surface area contributed by atoms with Gasteiger partial charge in [-0.3, -0.25) is 14.9 Å². The van der Waals surface area contributed by atoms with Crippen LogP contribution in [0.15, 0.2) is 18.2 Å². The van der Waals surface area contributed by atoms with Gasteiger partial charge in [0.15, 0.2) is 0 Å². The molecule has 0 bridgehead atoms. The average molecular weight is 279 g/mol. The van der Waals surface area contributed by atoms with Crippen molar-refractivity contribution < 1.29 is 19.6 Å². The van der Waals surface area contributed by atoms with Gasteiger partial charge < -0.3 is 15.7 Å². The van der Waals surface area contributed by atoms with Crippen LogP contribution in [0.3, 0.4) is 0 Å². The Kier molecular flexibility index (Phi) is 3.66. The molecule has 1 aromatic carbocycles. The zero-order valence-electron chi connectivity index (χ0n) is 10.5. The van der Waals surface area contributed by atoms with Crippen LogP contribution in [-0.2, 0) is 4.79 Å². The number of nitro groups is 1. The van der Waals surface area contributed by atoms with E-state index >= 15 is 0 Å². The first-order valence-corrected chi connectivity index (χ1v) is 5.96. The lowest BCUT2D eigenvalue weighted by atomic mass is 10.1. The molecule has 1 atom stereocenters. The summed E-state index contributed by atoms with van der Waals surface area (Å²) in [5, 5.41) is 19.8. The minimum atomic E-state index is -1.40. The first-order valence-electron chi connectivity index (χ1n) is 5.96. The average Bonchev–Trinajstić information content (AvgIpc) is 2.79. The summed E-state index contributed by atoms with van der Waals surface area (Å²) >= 11 is 0. The maximum Gasteiger partial charge on any atom is 0.342 e. The molecule has 1 saturated heterocycles. The van der Waals surface area contributed by atoms with Crippen molar-refractivity contribution in [3.05, 3.63) is 33.9 Å². The number of carbonyl (C=O) groups excluding carboxylic acids is 1. The number of aromatic carboxylic acids is 1. The minimum Gasteiger partial charge on any atom is -0.477 e. The molecule has 0 aliphatic carbocycles. The van der Waals surface area contributed by atoms with Crippen LogP contribution in [-0.4, -0.2) is 35.0 Å². The van der Waals surface area contributed by atoms with E-state index in [-0.39, 0.29) is 11.8 Å². The van der Waals surface area contributed by atoms with Gasteiger partial charge in [0, 0.05) is 24.7 Å². The van der Waals surface area contributed by atoms with Crippen LogP contribution in [0.4, 0.5) is 11.4 Å². The Balaban J connectivity index is 2.39. The quantitative estimate of drug-likeness (QED) is 0.614. The summed E-state index contributed by atoms with van der Waals surface area (Å²) in [7, 11) is 0. The number of hydrogen-bond acceptors (Lipinski definition) is 5. The molecule has 106 valence electrons. The number of nitrogens with zero attached hydrogens (tertiary/aromatic N) is 2. The number of carbonyl (C=O) groups is 2. The lowest BCUT2D eigenvalue weighted by Crippen LogP contribution is -2.26. The van der Waals surface area contributed by atoms with E-state index in [4.69, 9.17) is 10.8 Å². The summed E-state index contributed by atoms with van der Waals surface area (Å²) in [4.78, 5) is 34.3. The second kappa shape index (κ2) is 5.25. The Hall–Kier alpha value is -2.48. The third kappa shape index (κ3) is 2.45. The van der Waals surface area contributed by atoms with Crippen LogP contribution in [0.2, 0.25) is 0 Å². The highest BCUT2D eigenvalue weighted by molar-refractivity contribution is 5.99. The lowest BCUT2D eigenvalue weighted by molar-refractivity contribution is -0.385. The molecule has 8 heteroatoms. The molecule has 1 heterocycles. The summed E-state index contributed by atoms with van der Waals surface area (Å²) in [5.41, 5.74) is 4.93. The molecular weight excluding hydrogens is 266 g/mol. The predicted molar refractivity (Wildman–Crippen MR) is 69.6 cm³/mol. The second-order valence-electron chi connectivity index (χ2n) is 4.57. The largest absolute Gasteiger partial charge is 0.477 e. The molecule has 3 N–H and O–H groups in total. The van der Waals surface area contributed by atoms with Crippen LogP contribution in [0, 0.1) is 16.0 Å². The van der Waals surface area contributed by atoms with Crippen LogP contribution < -0.4 is 10.6 Å². The van der Waals surface area contributed by atoms with E-state index in [1.54, 1.807) is 0 Å². The molecule has 0 saturated carbocycles. The van der Waals surface area contributed by atoms with Gasteiger partial charge >= 0.3 is 5.97 Å². The maximum absolute atomic E-state index is 11.8. The monoisotopic (exact) mass is 279 g/mol. The summed E-state index contributed by atoms with van der Waals surface area (Å²) in [6.45, 7) is 0.757. The molecular formula is C12H13N3O5. The zero-order chi connectivity index (χ0) is 14.9. The van der Waals surface area contributed by atoms with Crippen LogP contribution >= 0.6 is 0 Å². The van der Waals surface area contributed by atoms with Crippen molar-refractivity contribution in [2.75, 3.05) is 18.0 Å². The fourth-order valence-electron chi connectivity index (χ4n) is 2.21. The van der Waals surface area contributed by atoms with E-state index in [0.717, 1.165) is 12.1 Å². The molecule has 1 amide bonds. The highest BCUT2D eigenvalue weighted by atomic mass is 16.6. The lowest BCUT2D eigenvalue weighted by Gasteiger charge is -2.17. The molecule has 0 aromatic heterocycles. The van der Waals surface area contributed by atoms with E-state index in [9.17, 15) is 19.7 Å². The maximum atomic E-state index is 11.8. The molecule has 1 unspecified atom stereocenters. The predicted octanol–water partition coefficient (Wildman–Crippen LogP) is 0.605. The third-order valence-corrected chi connectivity index (χ3v) is 3.26. The van der Waals surface area contributed by atoms with E-state index in [1.165, 1.54) is 11.0 Å². The Bertz CT molecular complexity index is 586. The highest BCUT2D eigenvalue weighted by Gasteiger charge is 2.31. The normalized spacial score (nSPS) is 18.4. The molecule has 1 aliphatic heterocycles. The molecule has 0 radical (unpaired) electrons. The Morgan fingerprint density at radius 1 is 1.55 bits per heavy atom. The summed E-state index contributed by atoms with van der Waals surface area (Å²) in [6.07, 6.45) is 0.301. The van der Waals surface area contributed by atoms with Crippen molar-refractivity contribution in [1.29, 1.82) is 0 Å². The number of carboxylic acids is 1. The van der Waals surface area contributed by atoms with Crippen LogP contribution in [0.1, 0.15) is 16.8 Å². The van der Waals surface area contributed by atoms with Gasteiger partial charge in [0.1, 0.15) is 5.56 Å². The minimum absolute atomic E-state index is 0.0194. The number of rotatable bonds is 4. The number of amides is 1. The molecule has 1 aromatic rings. The smallest absolute Gasteiger partial charge is 0.342 e. The molecule has 1 fully saturated rings. The van der Waals surface area contributed by atoms with Crippen LogP contribution in [0.25, 0.3) is 0 Å². The van der Waals surface area contributed by atoms with Gasteiger partial charge in [-0.1, -0.05) is 0 Å². The summed E-state index contributed by atoms with van der Waals surface area (Å²) in [6, 6.07) is 3.63. The van der Waals surface area contributed by atoms with E-state index in [0.29, 0.717) is 25.2 Å². The van der Waals surface area contributed by atoms with Crippen molar-refractivity contribution in [2.45, 2.75) is 6.42 Å². The van der Waals surface area contributed by atoms with Crippen molar-refractivity contribution in [2.24, 2.45) is 11.7 Å². The number of hydrogen-bond donors (Lipinski definition) is 2. The van der Waals surface area contributed by atoms with Gasteiger partial charge in [0.05, 0.1) is 4.92 Å². The summed E-state index contributed by atoms with van der Waals surface area (Å²) < 4.78 is 0. The van der Waals surface area contributed by atoms with Crippen molar-refractivity contribution in [3.8, 4) is 0 Å². The number of nitrogens with two attached hydrogens (primary N) is 1. The zero-order valence-corrected chi connectivity index (χ0v) is 10.5. The van der Waals surface area contributed by atoms with E-state index < -0.39 is 22.1 Å². The number of nitro benzene ring substituents is 1. The fraction of sp³-hybridized carbons (Fsp3) is 0.333. The van der Waals surface area contributed by atoms with Gasteiger partial charge in [-0.15, -0.1) is 0 Å². The Morgan fingerprint density at radius 3 is 2.75 bits per heavy atom. The van der Waals surface area contributed by atoms with Crippen molar-refractivity contribution in [3.63, 3.8) is 0 Å². The first-order chi connectivity index (χ1) is 9.43. The Morgan fingerprint density at radius 2 is 2.25 bits per heavy atom. The van der Waals surface area contributed by atoms with Gasteiger partial charge in [-0.2, -0.15) is 0 Å². The van der Waals surface area contributed by atoms with E-state index in [1.807, 2.05) is 0 Å². The van der Waals surface area contributed by atoms with Crippen molar-refractivity contribution in [1.82, 2.24) is 0 Å². The van der Waals surface area contributed by atoms with Crippen LogP contribution in [0.5, 0.6) is 0 Å². The molecule has 20 heavy (non-hydrogen) atoms. The molecule has 8 nitrogen and oxygen atoms in total. The Labute approximate surface area is 113 Å². The number of carboxylic acid groups (broad SMARTS) is 1. The highest BCUT2D eigenvalue weighted by Crippen LogP contribution is 2.29. The summed E-state index contributed by atoms with van der Waals surface area (Å²) in [5.74, 6) is -1.54. The molecule has 2 rings (SSSR count). The standard InChI is InChI=1S/C12H13N3O5/c13-5-7-3-11(16)14(6-7)8-1-2-10(15(19)20)9(4-8)12(17)18/h1-2,4,7H,3,5-6,13H2,(H,17,18). The third-order valence-electron chi connectivity index (χ3n) is 3.26. The van der Waals surface area contributed by atoms with Gasteiger partial charge in [0.2, 0.25) is 5.91 Å². The first kappa shape index (κ1) is 13.9. The van der Waals surface area contributed by atoms with Gasteiger partial charge in [-0.25, -0.2) is 4.79 Å². The van der Waals surface area contributed by atoms with E-state index in [2.05, 4.69) is 0 Å². The SMILES string of the molecule is NCC1CC(=O)N(c2ccc([N+](=O)[O-])c(C(=O)O)c2)C1. The molecule has 0 spiro atoms. The number of benzene rings is 1. The topological polar surface area (TPSA) is 127 Å². The van der Waals surface area contributed by atoms with Gasteiger partial charge in [0.25, 0.3) is 5.69 Å². The van der Waals surface area contributed by atoms with Crippen molar-refractivity contribution >= 4 is 23.3 Å². The fourth-order valence-corrected chi connectivity index (χ4v) is 2.21. The number of anilines is 1. The second-order valence-corrected chi connectivity index (χ2v) is 4.57. The molecule has 1 aliphatic rings.